The van der Waals surface area contributed by atoms with Crippen LogP contribution < -0.4 is 16.8 Å². The Morgan fingerprint density at radius 3 is 2.95 bits per heavy atom. The van der Waals surface area contributed by atoms with Crippen molar-refractivity contribution in [2.24, 2.45) is 5.73 Å². The van der Waals surface area contributed by atoms with Crippen molar-refractivity contribution < 1.29 is 0 Å². The third-order valence-corrected chi connectivity index (χ3v) is 3.15. The summed E-state index contributed by atoms with van der Waals surface area (Å²) in [6.45, 7) is 1.20. The van der Waals surface area contributed by atoms with Crippen LogP contribution in [-0.2, 0) is 6.54 Å². The van der Waals surface area contributed by atoms with E-state index in [1.54, 1.807) is 6.33 Å². The number of fused-ring (bicyclic) bond motifs is 3. The van der Waals surface area contributed by atoms with Crippen molar-refractivity contribution in [3.63, 3.8) is 0 Å². The van der Waals surface area contributed by atoms with Gasteiger partial charge in [0.05, 0.1) is 17.4 Å². The van der Waals surface area contributed by atoms with Crippen molar-refractivity contribution in [1.82, 2.24) is 19.9 Å². The monoisotopic (exact) mass is 269 g/mol. The van der Waals surface area contributed by atoms with Crippen molar-refractivity contribution in [1.29, 1.82) is 5.41 Å². The number of hydrogen-bond donors (Lipinski definition) is 4. The summed E-state index contributed by atoms with van der Waals surface area (Å²) >= 11 is 0. The van der Waals surface area contributed by atoms with E-state index in [0.717, 1.165) is 16.4 Å². The number of aromatic nitrogens is 3. The Kier molecular flexibility index (Phi) is 2.86. The van der Waals surface area contributed by atoms with Crippen LogP contribution in [0.4, 0.5) is 5.82 Å². The number of rotatable bonds is 3. The van der Waals surface area contributed by atoms with Crippen molar-refractivity contribution >= 4 is 33.7 Å². The van der Waals surface area contributed by atoms with Crippen LogP contribution >= 0.6 is 0 Å². The summed E-state index contributed by atoms with van der Waals surface area (Å²) < 4.78 is 1.99. The minimum atomic E-state index is -0.0412. The lowest BCUT2D eigenvalue weighted by molar-refractivity contribution is 0.688. The summed E-state index contributed by atoms with van der Waals surface area (Å²) in [4.78, 5) is 8.69. The summed E-state index contributed by atoms with van der Waals surface area (Å²) in [6.07, 6.45) is 1.73. The van der Waals surface area contributed by atoms with Gasteiger partial charge in [0.1, 0.15) is 5.52 Å². The quantitative estimate of drug-likeness (QED) is 0.411. The predicted octanol–water partition coefficient (Wildman–Crippen LogP) is 0.650. The van der Waals surface area contributed by atoms with Crippen LogP contribution in [0.5, 0.6) is 0 Å². The van der Waals surface area contributed by atoms with E-state index in [2.05, 4.69) is 15.3 Å². The molecule has 20 heavy (non-hydrogen) atoms. The summed E-state index contributed by atoms with van der Waals surface area (Å²) in [5.41, 5.74) is 13.7. The van der Waals surface area contributed by atoms with Crippen LogP contribution in [0.15, 0.2) is 30.6 Å². The average molecular weight is 269 g/mol. The molecule has 7 nitrogen and oxygen atoms in total. The number of nitrogens with zero attached hydrogens (tertiary/aromatic N) is 3. The van der Waals surface area contributed by atoms with Gasteiger partial charge in [-0.15, -0.1) is 0 Å². The largest absolute Gasteiger partial charge is 0.382 e. The van der Waals surface area contributed by atoms with Gasteiger partial charge in [0, 0.05) is 18.5 Å². The zero-order valence-electron chi connectivity index (χ0n) is 10.8. The zero-order valence-corrected chi connectivity index (χ0v) is 10.8. The topological polar surface area (TPSA) is 119 Å². The minimum Gasteiger partial charge on any atom is -0.382 e. The Hall–Kier alpha value is -2.83. The van der Waals surface area contributed by atoms with E-state index in [1.807, 2.05) is 28.8 Å². The van der Waals surface area contributed by atoms with Gasteiger partial charge in [-0.05, 0) is 6.07 Å². The van der Waals surface area contributed by atoms with Crippen LogP contribution in [0.2, 0.25) is 0 Å². The molecule has 0 aliphatic heterocycles. The van der Waals surface area contributed by atoms with Gasteiger partial charge in [-0.25, -0.2) is 9.97 Å². The molecular formula is C13H15N7. The van der Waals surface area contributed by atoms with Gasteiger partial charge in [0.25, 0.3) is 0 Å². The highest BCUT2D eigenvalue weighted by Crippen LogP contribution is 2.26. The Morgan fingerprint density at radius 1 is 1.35 bits per heavy atom. The lowest BCUT2D eigenvalue weighted by atomic mass is 10.2. The number of benzene rings is 1. The molecular weight excluding hydrogens is 254 g/mol. The highest BCUT2D eigenvalue weighted by molar-refractivity contribution is 6.06. The molecule has 0 radical (unpaired) electrons. The van der Waals surface area contributed by atoms with Gasteiger partial charge in [0.15, 0.2) is 11.8 Å². The lowest BCUT2D eigenvalue weighted by Gasteiger charge is -2.08. The number of imidazole rings is 1. The molecule has 0 spiro atoms. The Balaban J connectivity index is 2.11. The molecule has 1 aromatic carbocycles. The number of hydrogen-bond acceptors (Lipinski definition) is 4. The Bertz CT molecular complexity index is 790. The van der Waals surface area contributed by atoms with Gasteiger partial charge in [-0.1, -0.05) is 18.2 Å². The summed E-state index contributed by atoms with van der Waals surface area (Å²) in [5.74, 6) is 0.387. The normalized spacial score (nSPS) is 11.0. The van der Waals surface area contributed by atoms with E-state index >= 15 is 0 Å². The van der Waals surface area contributed by atoms with Crippen LogP contribution in [0, 0.1) is 5.41 Å². The first-order valence-electron chi connectivity index (χ1n) is 6.24. The molecule has 3 aromatic rings. The third kappa shape index (κ3) is 1.99. The van der Waals surface area contributed by atoms with Gasteiger partial charge >= 0.3 is 0 Å². The van der Waals surface area contributed by atoms with Gasteiger partial charge < -0.3 is 21.4 Å². The third-order valence-electron chi connectivity index (χ3n) is 3.15. The molecule has 102 valence electrons. The van der Waals surface area contributed by atoms with Gasteiger partial charge in [-0.2, -0.15) is 0 Å². The van der Waals surface area contributed by atoms with Crippen molar-refractivity contribution in [3.05, 3.63) is 30.6 Å². The van der Waals surface area contributed by atoms with E-state index in [1.165, 1.54) is 0 Å². The number of nitrogen functional groups attached to an aromatic ring is 1. The van der Waals surface area contributed by atoms with E-state index < -0.39 is 0 Å². The van der Waals surface area contributed by atoms with Gasteiger partial charge in [0.2, 0.25) is 0 Å². The maximum Gasteiger partial charge on any atom is 0.185 e. The summed E-state index contributed by atoms with van der Waals surface area (Å²) in [6, 6.07) is 7.82. The van der Waals surface area contributed by atoms with Crippen LogP contribution in [-0.4, -0.2) is 27.0 Å². The number of anilines is 1. The Morgan fingerprint density at radius 2 is 2.15 bits per heavy atom. The molecule has 0 atom stereocenters. The molecule has 0 amide bonds. The molecule has 0 saturated heterocycles. The SMILES string of the molecule is N=C(N)NCCn1cnc2c(N)nc3ccccc3c21. The molecule has 3 rings (SSSR count). The summed E-state index contributed by atoms with van der Waals surface area (Å²) in [5, 5.41) is 11.0. The second-order valence-electron chi connectivity index (χ2n) is 4.49. The highest BCUT2D eigenvalue weighted by atomic mass is 15.1. The molecule has 0 saturated carbocycles. The van der Waals surface area contributed by atoms with Crippen LogP contribution in [0.3, 0.4) is 0 Å². The lowest BCUT2D eigenvalue weighted by Crippen LogP contribution is -2.32. The number of guanidine groups is 1. The van der Waals surface area contributed by atoms with Crippen molar-refractivity contribution in [2.75, 3.05) is 12.3 Å². The molecule has 7 heteroatoms. The second-order valence-corrected chi connectivity index (χ2v) is 4.49. The van der Waals surface area contributed by atoms with E-state index in [4.69, 9.17) is 16.9 Å². The van der Waals surface area contributed by atoms with E-state index in [-0.39, 0.29) is 5.96 Å². The van der Waals surface area contributed by atoms with Crippen LogP contribution in [0.25, 0.3) is 21.9 Å². The molecule has 6 N–H and O–H groups in total. The second kappa shape index (κ2) is 4.69. The number of para-hydroxylation sites is 1. The Labute approximate surface area is 115 Å². The minimum absolute atomic E-state index is 0.0412. The molecule has 0 aliphatic carbocycles. The van der Waals surface area contributed by atoms with Crippen LogP contribution in [0.1, 0.15) is 0 Å². The molecule has 0 fully saturated rings. The first-order chi connectivity index (χ1) is 9.66. The molecule has 2 aromatic heterocycles. The maximum atomic E-state index is 7.16. The number of nitrogens with one attached hydrogen (secondary N) is 2. The molecule has 0 aliphatic rings. The predicted molar refractivity (Wildman–Crippen MR) is 79.4 cm³/mol. The zero-order chi connectivity index (χ0) is 14.1. The maximum absolute atomic E-state index is 7.16. The fourth-order valence-electron chi connectivity index (χ4n) is 2.29. The summed E-state index contributed by atoms with van der Waals surface area (Å²) in [7, 11) is 0. The first-order valence-corrected chi connectivity index (χ1v) is 6.24. The standard InChI is InChI=1S/C13H15N7/c14-12-10-11(8-3-1-2-4-9(8)19-12)20(7-18-10)6-5-17-13(15)16/h1-4,7H,5-6H2,(H2,14,19)(H4,15,16,17). The average Bonchev–Trinajstić information content (AvgIpc) is 2.83. The number of nitrogens with two attached hydrogens (primary N) is 2. The van der Waals surface area contributed by atoms with Crippen molar-refractivity contribution in [2.45, 2.75) is 6.54 Å². The fourth-order valence-corrected chi connectivity index (χ4v) is 2.29. The molecule has 2 heterocycles. The number of pyridine rings is 1. The first kappa shape index (κ1) is 12.2. The van der Waals surface area contributed by atoms with Crippen molar-refractivity contribution in [3.8, 4) is 0 Å². The van der Waals surface area contributed by atoms with Gasteiger partial charge in [-0.3, -0.25) is 5.41 Å². The molecule has 0 unspecified atom stereocenters. The van der Waals surface area contributed by atoms with E-state index in [9.17, 15) is 0 Å². The molecule has 0 bridgehead atoms. The smallest absolute Gasteiger partial charge is 0.185 e. The van der Waals surface area contributed by atoms with E-state index in [0.29, 0.717) is 24.4 Å². The fraction of sp³-hybridized carbons (Fsp3) is 0.154. The highest BCUT2D eigenvalue weighted by Gasteiger charge is 2.11.